The average molecular weight is 279 g/mol. The third kappa shape index (κ3) is 2.81. The van der Waals surface area contributed by atoms with E-state index in [0.717, 1.165) is 35.8 Å². The zero-order valence-electron chi connectivity index (χ0n) is 11.8. The molecule has 0 atom stereocenters. The van der Waals surface area contributed by atoms with Crippen LogP contribution in [0, 0.1) is 0 Å². The van der Waals surface area contributed by atoms with Gasteiger partial charge in [0.2, 0.25) is 5.89 Å². The summed E-state index contributed by atoms with van der Waals surface area (Å²) >= 11 is 0. The summed E-state index contributed by atoms with van der Waals surface area (Å²) in [6.07, 6.45) is 4.36. The number of hydrogen-bond donors (Lipinski definition) is 0. The zero-order valence-corrected chi connectivity index (χ0v) is 11.8. The van der Waals surface area contributed by atoms with E-state index < -0.39 is 0 Å². The molecule has 0 unspecified atom stereocenters. The van der Waals surface area contributed by atoms with Crippen molar-refractivity contribution in [1.29, 1.82) is 0 Å². The lowest BCUT2D eigenvalue weighted by Gasteiger charge is -2.19. The lowest BCUT2D eigenvalue weighted by atomic mass is 10.3. The molecule has 4 rings (SSSR count). The quantitative estimate of drug-likeness (QED) is 0.718. The van der Waals surface area contributed by atoms with E-state index in [1.807, 2.05) is 42.6 Å². The Labute approximate surface area is 123 Å². The Bertz CT molecular complexity index is 701. The first kappa shape index (κ1) is 12.5. The lowest BCUT2D eigenvalue weighted by Crippen LogP contribution is -2.25. The first-order chi connectivity index (χ1) is 10.4. The van der Waals surface area contributed by atoms with Crippen molar-refractivity contribution in [2.24, 2.45) is 0 Å². The van der Waals surface area contributed by atoms with Crippen LogP contribution in [0.15, 0.2) is 53.1 Å². The summed E-state index contributed by atoms with van der Waals surface area (Å²) in [5, 5.41) is 0. The van der Waals surface area contributed by atoms with Crippen molar-refractivity contribution < 1.29 is 4.42 Å². The molecule has 4 nitrogen and oxygen atoms in total. The molecule has 1 aromatic carbocycles. The number of para-hydroxylation sites is 2. The number of aromatic nitrogens is 2. The van der Waals surface area contributed by atoms with Gasteiger partial charge in [-0.2, -0.15) is 0 Å². The molecule has 1 aliphatic carbocycles. The fraction of sp³-hybridized carbons (Fsp3) is 0.294. The Kier molecular flexibility index (Phi) is 3.16. The van der Waals surface area contributed by atoms with E-state index in [-0.39, 0.29) is 0 Å². The molecule has 21 heavy (non-hydrogen) atoms. The van der Waals surface area contributed by atoms with E-state index in [1.54, 1.807) is 0 Å². The fourth-order valence-electron chi connectivity index (χ4n) is 2.61. The predicted octanol–water partition coefficient (Wildman–Crippen LogP) is 3.39. The van der Waals surface area contributed by atoms with E-state index in [4.69, 9.17) is 4.42 Å². The second kappa shape index (κ2) is 5.30. The highest BCUT2D eigenvalue weighted by atomic mass is 16.3. The van der Waals surface area contributed by atoms with Crippen molar-refractivity contribution in [2.45, 2.75) is 32.0 Å². The van der Waals surface area contributed by atoms with Crippen LogP contribution in [-0.4, -0.2) is 20.9 Å². The number of fused-ring (bicyclic) bond motifs is 1. The van der Waals surface area contributed by atoms with Crippen LogP contribution in [0.2, 0.25) is 0 Å². The first-order valence-corrected chi connectivity index (χ1v) is 7.37. The van der Waals surface area contributed by atoms with Gasteiger partial charge in [-0.05, 0) is 37.1 Å². The van der Waals surface area contributed by atoms with E-state index in [9.17, 15) is 0 Å². The summed E-state index contributed by atoms with van der Waals surface area (Å²) < 4.78 is 5.84. The molecule has 106 valence electrons. The normalized spacial score (nSPS) is 14.9. The zero-order chi connectivity index (χ0) is 14.1. The van der Waals surface area contributed by atoms with Gasteiger partial charge in [-0.3, -0.25) is 9.88 Å². The van der Waals surface area contributed by atoms with Gasteiger partial charge in [0, 0.05) is 18.8 Å². The maximum absolute atomic E-state index is 5.84. The third-order valence-electron chi connectivity index (χ3n) is 3.83. The second-order valence-electron chi connectivity index (χ2n) is 5.53. The van der Waals surface area contributed by atoms with Crippen LogP contribution in [0.1, 0.15) is 24.4 Å². The summed E-state index contributed by atoms with van der Waals surface area (Å²) in [4.78, 5) is 11.4. The van der Waals surface area contributed by atoms with Crippen LogP contribution in [0.4, 0.5) is 0 Å². The molecule has 3 aromatic rings. The van der Waals surface area contributed by atoms with Gasteiger partial charge in [0.25, 0.3) is 0 Å². The van der Waals surface area contributed by atoms with Crippen LogP contribution in [0.25, 0.3) is 11.1 Å². The van der Waals surface area contributed by atoms with Gasteiger partial charge >= 0.3 is 0 Å². The molecule has 4 heteroatoms. The molecule has 1 fully saturated rings. The molecule has 1 aliphatic rings. The van der Waals surface area contributed by atoms with Crippen LogP contribution < -0.4 is 0 Å². The summed E-state index contributed by atoms with van der Waals surface area (Å²) in [5.41, 5.74) is 2.89. The van der Waals surface area contributed by atoms with E-state index in [0.29, 0.717) is 6.04 Å². The van der Waals surface area contributed by atoms with Gasteiger partial charge < -0.3 is 4.42 Å². The average Bonchev–Trinajstić information content (AvgIpc) is 3.28. The highest BCUT2D eigenvalue weighted by molar-refractivity contribution is 5.72. The van der Waals surface area contributed by atoms with Gasteiger partial charge in [-0.25, -0.2) is 4.98 Å². The Balaban J connectivity index is 1.54. The highest BCUT2D eigenvalue weighted by Gasteiger charge is 2.30. The third-order valence-corrected chi connectivity index (χ3v) is 3.83. The molecule has 0 radical (unpaired) electrons. The number of pyridine rings is 1. The minimum atomic E-state index is 0.641. The molecular weight excluding hydrogens is 262 g/mol. The molecule has 0 saturated heterocycles. The molecule has 1 saturated carbocycles. The number of benzene rings is 1. The maximum atomic E-state index is 5.84. The number of oxazole rings is 1. The summed E-state index contributed by atoms with van der Waals surface area (Å²) in [6.45, 7) is 1.60. The first-order valence-electron chi connectivity index (χ1n) is 7.37. The van der Waals surface area contributed by atoms with Gasteiger partial charge in [0.05, 0.1) is 12.2 Å². The molecule has 2 heterocycles. The van der Waals surface area contributed by atoms with Crippen LogP contribution in [0.3, 0.4) is 0 Å². The molecule has 0 N–H and O–H groups in total. The van der Waals surface area contributed by atoms with Crippen molar-refractivity contribution in [3.05, 3.63) is 60.2 Å². The summed E-state index contributed by atoms with van der Waals surface area (Å²) in [6, 6.07) is 14.6. The SMILES string of the molecule is c1ccc(CN(Cc2nc3ccccc3o2)C2CC2)nc1. The van der Waals surface area contributed by atoms with Gasteiger partial charge in [0.1, 0.15) is 5.52 Å². The standard InChI is InChI=1S/C17H17N3O/c1-2-7-16-15(6-1)19-17(21-16)12-20(14-8-9-14)11-13-5-3-4-10-18-13/h1-7,10,14H,8-9,11-12H2. The number of hydrogen-bond acceptors (Lipinski definition) is 4. The second-order valence-corrected chi connectivity index (χ2v) is 5.53. The lowest BCUT2D eigenvalue weighted by molar-refractivity contribution is 0.220. The highest BCUT2D eigenvalue weighted by Crippen LogP contribution is 2.30. The smallest absolute Gasteiger partial charge is 0.209 e. The van der Waals surface area contributed by atoms with E-state index in [1.165, 1.54) is 12.8 Å². The van der Waals surface area contributed by atoms with Crippen LogP contribution >= 0.6 is 0 Å². The summed E-state index contributed by atoms with van der Waals surface area (Å²) in [5.74, 6) is 0.791. The van der Waals surface area contributed by atoms with Gasteiger partial charge in [-0.1, -0.05) is 18.2 Å². The Morgan fingerprint density at radius 3 is 2.67 bits per heavy atom. The summed E-state index contributed by atoms with van der Waals surface area (Å²) in [7, 11) is 0. The minimum Gasteiger partial charge on any atom is -0.439 e. The number of rotatable bonds is 5. The van der Waals surface area contributed by atoms with Crippen molar-refractivity contribution >= 4 is 11.1 Å². The maximum Gasteiger partial charge on any atom is 0.209 e. The molecule has 0 bridgehead atoms. The molecule has 0 aliphatic heterocycles. The largest absolute Gasteiger partial charge is 0.439 e. The van der Waals surface area contributed by atoms with Crippen molar-refractivity contribution in [1.82, 2.24) is 14.9 Å². The van der Waals surface area contributed by atoms with Crippen molar-refractivity contribution in [3.63, 3.8) is 0 Å². The Hall–Kier alpha value is -2.20. The fourth-order valence-corrected chi connectivity index (χ4v) is 2.61. The Morgan fingerprint density at radius 2 is 1.90 bits per heavy atom. The predicted molar refractivity (Wildman–Crippen MR) is 80.5 cm³/mol. The van der Waals surface area contributed by atoms with Gasteiger partial charge in [-0.15, -0.1) is 0 Å². The molecule has 2 aromatic heterocycles. The van der Waals surface area contributed by atoms with Crippen LogP contribution in [0.5, 0.6) is 0 Å². The van der Waals surface area contributed by atoms with E-state index in [2.05, 4.69) is 20.9 Å². The minimum absolute atomic E-state index is 0.641. The van der Waals surface area contributed by atoms with Crippen LogP contribution in [-0.2, 0) is 13.1 Å². The van der Waals surface area contributed by atoms with Gasteiger partial charge in [0.15, 0.2) is 5.58 Å². The molecule has 0 amide bonds. The Morgan fingerprint density at radius 1 is 1.05 bits per heavy atom. The molecule has 0 spiro atoms. The topological polar surface area (TPSA) is 42.2 Å². The van der Waals surface area contributed by atoms with E-state index >= 15 is 0 Å². The van der Waals surface area contributed by atoms with Crippen molar-refractivity contribution in [2.75, 3.05) is 0 Å². The monoisotopic (exact) mass is 279 g/mol. The van der Waals surface area contributed by atoms with Crippen molar-refractivity contribution in [3.8, 4) is 0 Å². The number of nitrogens with zero attached hydrogens (tertiary/aromatic N) is 3. The molecular formula is C17H17N3O.